The van der Waals surface area contributed by atoms with Crippen LogP contribution in [-0.2, 0) is 0 Å². The summed E-state index contributed by atoms with van der Waals surface area (Å²) in [6.45, 7) is 0. The van der Waals surface area contributed by atoms with Gasteiger partial charge in [0.25, 0.3) is 5.91 Å². The summed E-state index contributed by atoms with van der Waals surface area (Å²) in [7, 11) is 0. The predicted molar refractivity (Wildman–Crippen MR) is 75.2 cm³/mol. The van der Waals surface area contributed by atoms with E-state index in [-0.39, 0.29) is 11.4 Å². The lowest BCUT2D eigenvalue weighted by Gasteiger charge is -2.07. The minimum atomic E-state index is -1.20. The molecule has 1 aromatic carbocycles. The van der Waals surface area contributed by atoms with E-state index in [1.807, 2.05) is 0 Å². The predicted octanol–water partition coefficient (Wildman–Crippen LogP) is 1.91. The van der Waals surface area contributed by atoms with E-state index in [2.05, 4.69) is 20.3 Å². The molecule has 0 aliphatic carbocycles. The Balaban J connectivity index is 1.91. The number of hydrogen-bond acceptors (Lipinski definition) is 4. The Morgan fingerprint density at radius 3 is 2.86 bits per heavy atom. The molecule has 2 heterocycles. The van der Waals surface area contributed by atoms with Gasteiger partial charge in [-0.25, -0.2) is 14.8 Å². The molecule has 3 rings (SSSR count). The van der Waals surface area contributed by atoms with E-state index in [9.17, 15) is 9.59 Å². The van der Waals surface area contributed by atoms with Crippen molar-refractivity contribution < 1.29 is 14.7 Å². The molecule has 0 fully saturated rings. The number of pyridine rings is 1. The molecule has 0 radical (unpaired) electrons. The first-order valence-electron chi connectivity index (χ1n) is 6.08. The molecule has 0 aliphatic rings. The molecule has 2 aromatic heterocycles. The second-order valence-electron chi connectivity index (χ2n) is 4.29. The Labute approximate surface area is 118 Å². The van der Waals surface area contributed by atoms with Crippen molar-refractivity contribution in [3.8, 4) is 0 Å². The number of nitrogens with zero attached hydrogens (tertiary/aromatic N) is 2. The number of carbonyl (C=O) groups is 2. The Morgan fingerprint density at radius 2 is 2.05 bits per heavy atom. The fraction of sp³-hybridized carbons (Fsp3) is 0. The van der Waals surface area contributed by atoms with Gasteiger partial charge < -0.3 is 15.4 Å². The van der Waals surface area contributed by atoms with E-state index in [0.29, 0.717) is 5.56 Å². The number of fused-ring (bicyclic) bond motifs is 1. The van der Waals surface area contributed by atoms with Crippen LogP contribution in [0, 0.1) is 0 Å². The highest BCUT2D eigenvalue weighted by molar-refractivity contribution is 6.08. The van der Waals surface area contributed by atoms with E-state index >= 15 is 0 Å². The van der Waals surface area contributed by atoms with E-state index in [0.717, 1.165) is 11.0 Å². The number of carboxylic acid groups (broad SMARTS) is 1. The van der Waals surface area contributed by atoms with Crippen LogP contribution >= 0.6 is 0 Å². The van der Waals surface area contributed by atoms with Gasteiger partial charge in [0.1, 0.15) is 0 Å². The number of carbonyl (C=O) groups excluding carboxylic acids is 1. The molecule has 0 unspecified atom stereocenters. The number of amides is 1. The number of benzene rings is 1. The lowest BCUT2D eigenvalue weighted by Crippen LogP contribution is -2.15. The third-order valence-corrected chi connectivity index (χ3v) is 2.94. The quantitative estimate of drug-likeness (QED) is 0.680. The maximum atomic E-state index is 12.2. The lowest BCUT2D eigenvalue weighted by molar-refractivity contribution is 0.0692. The summed E-state index contributed by atoms with van der Waals surface area (Å²) in [5.74, 6) is -1.61. The molecule has 3 N–H and O–H groups in total. The molecular formula is C14H10N4O3. The molecular weight excluding hydrogens is 272 g/mol. The molecule has 0 bridgehead atoms. The fourth-order valence-electron chi connectivity index (χ4n) is 1.95. The highest BCUT2D eigenvalue weighted by atomic mass is 16.4. The van der Waals surface area contributed by atoms with Gasteiger partial charge in [-0.1, -0.05) is 0 Å². The summed E-state index contributed by atoms with van der Waals surface area (Å²) in [4.78, 5) is 34.0. The maximum absolute atomic E-state index is 12.2. The van der Waals surface area contributed by atoms with E-state index < -0.39 is 11.9 Å². The van der Waals surface area contributed by atoms with Gasteiger partial charge in [0.05, 0.1) is 23.0 Å². The van der Waals surface area contributed by atoms with Crippen LogP contribution in [0.3, 0.4) is 0 Å². The number of carboxylic acids is 1. The van der Waals surface area contributed by atoms with Crippen LogP contribution in [0.15, 0.2) is 42.9 Å². The number of aromatic nitrogens is 3. The van der Waals surface area contributed by atoms with Crippen molar-refractivity contribution in [3.63, 3.8) is 0 Å². The van der Waals surface area contributed by atoms with Gasteiger partial charge in [-0.15, -0.1) is 0 Å². The first-order chi connectivity index (χ1) is 10.1. The highest BCUT2D eigenvalue weighted by Gasteiger charge is 2.14. The molecule has 0 saturated carbocycles. The maximum Gasteiger partial charge on any atom is 0.356 e. The van der Waals surface area contributed by atoms with E-state index in [1.54, 1.807) is 24.3 Å². The first-order valence-corrected chi connectivity index (χ1v) is 6.08. The van der Waals surface area contributed by atoms with Crippen molar-refractivity contribution in [2.24, 2.45) is 0 Å². The van der Waals surface area contributed by atoms with Gasteiger partial charge in [0.2, 0.25) is 0 Å². The number of aromatic amines is 1. The van der Waals surface area contributed by atoms with Crippen LogP contribution in [-0.4, -0.2) is 31.9 Å². The van der Waals surface area contributed by atoms with Gasteiger partial charge >= 0.3 is 5.97 Å². The zero-order chi connectivity index (χ0) is 14.8. The summed E-state index contributed by atoms with van der Waals surface area (Å²) in [6.07, 6.45) is 2.89. The van der Waals surface area contributed by atoms with Crippen molar-refractivity contribution in [1.29, 1.82) is 0 Å². The summed E-state index contributed by atoms with van der Waals surface area (Å²) in [5, 5.41) is 11.6. The molecule has 0 saturated heterocycles. The van der Waals surface area contributed by atoms with Crippen LogP contribution in [0.4, 0.5) is 5.69 Å². The Bertz CT molecular complexity index is 841. The number of imidazole rings is 1. The third-order valence-electron chi connectivity index (χ3n) is 2.94. The Hall–Kier alpha value is -3.22. The first kappa shape index (κ1) is 12.8. The zero-order valence-electron chi connectivity index (χ0n) is 10.7. The van der Waals surface area contributed by atoms with Gasteiger partial charge in [-0.2, -0.15) is 0 Å². The van der Waals surface area contributed by atoms with Crippen molar-refractivity contribution in [2.45, 2.75) is 0 Å². The molecule has 21 heavy (non-hydrogen) atoms. The van der Waals surface area contributed by atoms with E-state index in [1.165, 1.54) is 18.6 Å². The topological polar surface area (TPSA) is 108 Å². The molecule has 0 aliphatic heterocycles. The minimum Gasteiger partial charge on any atom is -0.476 e. The van der Waals surface area contributed by atoms with Crippen LogP contribution in [0.1, 0.15) is 20.8 Å². The summed E-state index contributed by atoms with van der Waals surface area (Å²) < 4.78 is 0. The Kier molecular flexibility index (Phi) is 3.07. The molecule has 7 nitrogen and oxygen atoms in total. The average molecular weight is 282 g/mol. The number of rotatable bonds is 3. The number of aromatic carboxylic acids is 1. The Morgan fingerprint density at radius 1 is 1.19 bits per heavy atom. The van der Waals surface area contributed by atoms with Crippen molar-refractivity contribution in [1.82, 2.24) is 15.0 Å². The average Bonchev–Trinajstić information content (AvgIpc) is 2.94. The number of anilines is 1. The minimum absolute atomic E-state index is 0.153. The largest absolute Gasteiger partial charge is 0.476 e. The second-order valence-corrected chi connectivity index (χ2v) is 4.29. The van der Waals surface area contributed by atoms with Crippen molar-refractivity contribution >= 4 is 28.6 Å². The van der Waals surface area contributed by atoms with Crippen molar-refractivity contribution in [2.75, 3.05) is 5.32 Å². The van der Waals surface area contributed by atoms with Crippen LogP contribution < -0.4 is 5.32 Å². The summed E-state index contributed by atoms with van der Waals surface area (Å²) in [6, 6.07) is 8.02. The number of hydrogen-bond donors (Lipinski definition) is 3. The SMILES string of the molecule is O=C(Nc1cccnc1C(=O)O)c1ccc2nc[nH]c2c1. The monoisotopic (exact) mass is 282 g/mol. The van der Waals surface area contributed by atoms with Crippen molar-refractivity contribution in [3.05, 3.63) is 54.1 Å². The zero-order valence-corrected chi connectivity index (χ0v) is 10.7. The van der Waals surface area contributed by atoms with Gasteiger partial charge in [-0.3, -0.25) is 4.79 Å². The normalized spacial score (nSPS) is 10.5. The number of H-pyrrole nitrogens is 1. The van der Waals surface area contributed by atoms with Crippen LogP contribution in [0.25, 0.3) is 11.0 Å². The van der Waals surface area contributed by atoms with Gasteiger partial charge in [0.15, 0.2) is 5.69 Å². The fourth-order valence-corrected chi connectivity index (χ4v) is 1.95. The second kappa shape index (κ2) is 5.04. The molecule has 0 atom stereocenters. The molecule has 3 aromatic rings. The third kappa shape index (κ3) is 2.44. The molecule has 0 spiro atoms. The highest BCUT2D eigenvalue weighted by Crippen LogP contribution is 2.16. The molecule has 7 heteroatoms. The van der Waals surface area contributed by atoms with Gasteiger partial charge in [-0.05, 0) is 30.3 Å². The number of nitrogens with one attached hydrogen (secondary N) is 2. The lowest BCUT2D eigenvalue weighted by atomic mass is 10.2. The smallest absolute Gasteiger partial charge is 0.356 e. The van der Waals surface area contributed by atoms with E-state index in [4.69, 9.17) is 5.11 Å². The van der Waals surface area contributed by atoms with Gasteiger partial charge in [0, 0.05) is 11.8 Å². The summed E-state index contributed by atoms with van der Waals surface area (Å²) >= 11 is 0. The van der Waals surface area contributed by atoms with Crippen LogP contribution in [0.5, 0.6) is 0 Å². The molecule has 104 valence electrons. The molecule has 1 amide bonds. The summed E-state index contributed by atoms with van der Waals surface area (Å²) in [5.41, 5.74) is 1.83. The standard InChI is InChI=1S/C14H10N4O3/c19-13(8-3-4-9-11(6-8)17-7-16-9)18-10-2-1-5-15-12(10)14(20)21/h1-7H,(H,16,17)(H,18,19)(H,20,21). The van der Waals surface area contributed by atoms with Crippen LogP contribution in [0.2, 0.25) is 0 Å².